The molecule has 0 spiro atoms. The van der Waals surface area contributed by atoms with Crippen LogP contribution in [0.3, 0.4) is 0 Å². The Kier molecular flexibility index (Phi) is 6.31. The molecule has 18 heavy (non-hydrogen) atoms. The first-order valence-electron chi connectivity index (χ1n) is 6.12. The van der Waals surface area contributed by atoms with Crippen LogP contribution in [0.4, 0.5) is 0 Å². The van der Waals surface area contributed by atoms with E-state index in [1.165, 1.54) is 6.42 Å². The van der Waals surface area contributed by atoms with Crippen LogP contribution in [-0.4, -0.2) is 34.1 Å². The van der Waals surface area contributed by atoms with Gasteiger partial charge in [-0.2, -0.15) is 0 Å². The summed E-state index contributed by atoms with van der Waals surface area (Å²) < 4.78 is 7.03. The molecular formula is C11H21N5O2. The molecule has 7 nitrogen and oxygen atoms in total. The number of carbonyl (C=O) groups excluding carboxylic acids is 1. The van der Waals surface area contributed by atoms with E-state index in [0.717, 1.165) is 13.0 Å². The van der Waals surface area contributed by atoms with Gasteiger partial charge < -0.3 is 4.74 Å². The Labute approximate surface area is 107 Å². The lowest BCUT2D eigenvalue weighted by atomic mass is 10.1. The Hall–Kier alpha value is -1.47. The average Bonchev–Trinajstić information content (AvgIpc) is 2.81. The molecule has 0 bridgehead atoms. The zero-order valence-corrected chi connectivity index (χ0v) is 10.9. The summed E-state index contributed by atoms with van der Waals surface area (Å²) in [6.07, 6.45) is 3.78. The molecule has 0 aliphatic carbocycles. The van der Waals surface area contributed by atoms with Crippen LogP contribution >= 0.6 is 0 Å². The molecule has 7 heteroatoms. The number of rotatable bonds is 8. The first-order chi connectivity index (χ1) is 8.63. The van der Waals surface area contributed by atoms with E-state index in [4.69, 9.17) is 10.6 Å². The van der Waals surface area contributed by atoms with Crippen molar-refractivity contribution in [2.45, 2.75) is 33.2 Å². The molecule has 0 radical (unpaired) electrons. The highest BCUT2D eigenvalue weighted by Gasteiger charge is 2.08. The van der Waals surface area contributed by atoms with Crippen molar-refractivity contribution in [3.8, 4) is 0 Å². The summed E-state index contributed by atoms with van der Waals surface area (Å²) in [5, 5.41) is 7.49. The standard InChI is InChI=1S/C11H21N5O2/c1-9(2)4-3-6-18-7-5-16-8-10(14-15-16)11(17)13-12/h8-9H,3-7,12H2,1-2H3,(H,13,17). The summed E-state index contributed by atoms with van der Waals surface area (Å²) in [4.78, 5) is 11.1. The summed E-state index contributed by atoms with van der Waals surface area (Å²) >= 11 is 0. The van der Waals surface area contributed by atoms with E-state index in [2.05, 4.69) is 24.2 Å². The topological polar surface area (TPSA) is 95.1 Å². The Bertz CT molecular complexity index is 364. The van der Waals surface area contributed by atoms with Crippen LogP contribution in [0.5, 0.6) is 0 Å². The highest BCUT2D eigenvalue weighted by molar-refractivity contribution is 5.91. The van der Waals surface area contributed by atoms with Crippen LogP contribution in [0.1, 0.15) is 37.2 Å². The van der Waals surface area contributed by atoms with Gasteiger partial charge in [0.1, 0.15) is 0 Å². The van der Waals surface area contributed by atoms with E-state index in [-0.39, 0.29) is 5.69 Å². The normalized spacial score (nSPS) is 10.9. The number of hydrogen-bond acceptors (Lipinski definition) is 5. The lowest BCUT2D eigenvalue weighted by Gasteiger charge is -2.05. The highest BCUT2D eigenvalue weighted by Crippen LogP contribution is 2.03. The van der Waals surface area contributed by atoms with Crippen molar-refractivity contribution in [1.29, 1.82) is 0 Å². The predicted octanol–water partition coefficient (Wildman–Crippen LogP) is 0.334. The summed E-state index contributed by atoms with van der Waals surface area (Å²) in [6, 6.07) is 0. The van der Waals surface area contributed by atoms with Crippen molar-refractivity contribution in [1.82, 2.24) is 20.4 Å². The largest absolute Gasteiger partial charge is 0.380 e. The second kappa shape index (κ2) is 7.78. The Morgan fingerprint density at radius 1 is 1.56 bits per heavy atom. The van der Waals surface area contributed by atoms with Gasteiger partial charge >= 0.3 is 0 Å². The fourth-order valence-electron chi connectivity index (χ4n) is 1.44. The first kappa shape index (κ1) is 14.6. The molecule has 1 heterocycles. The molecule has 0 saturated heterocycles. The van der Waals surface area contributed by atoms with Crippen molar-refractivity contribution >= 4 is 5.91 Å². The number of nitrogens with zero attached hydrogens (tertiary/aromatic N) is 3. The molecule has 0 unspecified atom stereocenters. The number of nitrogens with two attached hydrogens (primary N) is 1. The maximum Gasteiger partial charge on any atom is 0.287 e. The fourth-order valence-corrected chi connectivity index (χ4v) is 1.44. The van der Waals surface area contributed by atoms with Crippen LogP contribution in [0.2, 0.25) is 0 Å². The Balaban J connectivity index is 2.16. The van der Waals surface area contributed by atoms with E-state index < -0.39 is 5.91 Å². The van der Waals surface area contributed by atoms with Gasteiger partial charge in [-0.25, -0.2) is 10.5 Å². The minimum atomic E-state index is -0.445. The van der Waals surface area contributed by atoms with E-state index in [1.807, 2.05) is 5.43 Å². The maximum absolute atomic E-state index is 11.1. The van der Waals surface area contributed by atoms with Crippen LogP contribution in [0.25, 0.3) is 0 Å². The number of carbonyl (C=O) groups is 1. The molecule has 1 amide bonds. The number of hydrogen-bond donors (Lipinski definition) is 2. The van der Waals surface area contributed by atoms with Gasteiger partial charge in [-0.05, 0) is 18.8 Å². The average molecular weight is 255 g/mol. The lowest BCUT2D eigenvalue weighted by Crippen LogP contribution is -2.30. The summed E-state index contributed by atoms with van der Waals surface area (Å²) in [5.41, 5.74) is 2.21. The number of hydrazine groups is 1. The van der Waals surface area contributed by atoms with Crippen molar-refractivity contribution in [2.75, 3.05) is 13.2 Å². The first-order valence-corrected chi connectivity index (χ1v) is 6.12. The smallest absolute Gasteiger partial charge is 0.287 e. The third-order valence-corrected chi connectivity index (χ3v) is 2.44. The molecule has 0 atom stereocenters. The zero-order chi connectivity index (χ0) is 13.4. The summed E-state index contributed by atoms with van der Waals surface area (Å²) in [5.74, 6) is 5.26. The van der Waals surface area contributed by atoms with Crippen LogP contribution in [0, 0.1) is 5.92 Å². The van der Waals surface area contributed by atoms with Crippen LogP contribution < -0.4 is 11.3 Å². The van der Waals surface area contributed by atoms with Gasteiger partial charge in [-0.15, -0.1) is 5.10 Å². The van der Waals surface area contributed by atoms with Gasteiger partial charge in [0.25, 0.3) is 5.91 Å². The summed E-state index contributed by atoms with van der Waals surface area (Å²) in [6.45, 7) is 6.28. The van der Waals surface area contributed by atoms with E-state index in [0.29, 0.717) is 19.1 Å². The van der Waals surface area contributed by atoms with Crippen molar-refractivity contribution in [3.63, 3.8) is 0 Å². The molecule has 3 N–H and O–H groups in total. The monoisotopic (exact) mass is 255 g/mol. The second-order valence-corrected chi connectivity index (χ2v) is 4.49. The van der Waals surface area contributed by atoms with Gasteiger partial charge in [-0.1, -0.05) is 19.1 Å². The molecule has 1 aromatic rings. The van der Waals surface area contributed by atoms with Gasteiger partial charge in [0.15, 0.2) is 5.69 Å². The molecule has 1 aromatic heterocycles. The minimum absolute atomic E-state index is 0.206. The minimum Gasteiger partial charge on any atom is -0.380 e. The molecular weight excluding hydrogens is 234 g/mol. The Morgan fingerprint density at radius 3 is 3.00 bits per heavy atom. The predicted molar refractivity (Wildman–Crippen MR) is 66.6 cm³/mol. The van der Waals surface area contributed by atoms with Gasteiger partial charge in [0.05, 0.1) is 19.3 Å². The molecule has 1 rings (SSSR count). The van der Waals surface area contributed by atoms with Gasteiger partial charge in [0, 0.05) is 6.61 Å². The molecule has 0 saturated carbocycles. The maximum atomic E-state index is 11.1. The summed E-state index contributed by atoms with van der Waals surface area (Å²) in [7, 11) is 0. The van der Waals surface area contributed by atoms with Gasteiger partial charge in [-0.3, -0.25) is 10.2 Å². The molecule has 0 fully saturated rings. The fraction of sp³-hybridized carbons (Fsp3) is 0.727. The van der Waals surface area contributed by atoms with E-state index in [1.54, 1.807) is 10.9 Å². The SMILES string of the molecule is CC(C)CCCOCCn1cc(C(=O)NN)nn1. The number of amides is 1. The van der Waals surface area contributed by atoms with Crippen molar-refractivity contribution in [3.05, 3.63) is 11.9 Å². The quantitative estimate of drug-likeness (QED) is 0.302. The van der Waals surface area contributed by atoms with E-state index >= 15 is 0 Å². The van der Waals surface area contributed by atoms with E-state index in [9.17, 15) is 4.79 Å². The molecule has 0 aromatic carbocycles. The number of aromatic nitrogens is 3. The van der Waals surface area contributed by atoms with Crippen LogP contribution in [-0.2, 0) is 11.3 Å². The lowest BCUT2D eigenvalue weighted by molar-refractivity contribution is 0.0948. The number of nitrogen functional groups attached to an aromatic ring is 1. The number of nitrogens with one attached hydrogen (secondary N) is 1. The third-order valence-electron chi connectivity index (χ3n) is 2.44. The van der Waals surface area contributed by atoms with Crippen molar-refractivity contribution in [2.24, 2.45) is 11.8 Å². The third kappa shape index (κ3) is 5.24. The van der Waals surface area contributed by atoms with Crippen molar-refractivity contribution < 1.29 is 9.53 Å². The molecule has 0 aliphatic rings. The zero-order valence-electron chi connectivity index (χ0n) is 10.9. The number of ether oxygens (including phenoxy) is 1. The van der Waals surface area contributed by atoms with Gasteiger partial charge in [0.2, 0.25) is 0 Å². The molecule has 102 valence electrons. The highest BCUT2D eigenvalue weighted by atomic mass is 16.5. The molecule has 0 aliphatic heterocycles. The second-order valence-electron chi connectivity index (χ2n) is 4.49. The Morgan fingerprint density at radius 2 is 2.33 bits per heavy atom. The van der Waals surface area contributed by atoms with Crippen LogP contribution in [0.15, 0.2) is 6.20 Å².